The number of benzene rings is 3. The van der Waals surface area contributed by atoms with Crippen LogP contribution in [0.3, 0.4) is 0 Å². The molecule has 3 rings (SSSR count). The summed E-state index contributed by atoms with van der Waals surface area (Å²) in [4.78, 5) is 17.0. The average molecular weight is 446 g/mol. The van der Waals surface area contributed by atoms with Crippen LogP contribution in [0.25, 0.3) is 5.57 Å². The number of carboxylic acid groups (broad SMARTS) is 1. The van der Waals surface area contributed by atoms with Gasteiger partial charge in [-0.1, -0.05) is 59.8 Å². The van der Waals surface area contributed by atoms with Crippen LogP contribution in [0.5, 0.6) is 5.75 Å². The van der Waals surface area contributed by atoms with Gasteiger partial charge in [0.05, 0.1) is 19.6 Å². The highest BCUT2D eigenvalue weighted by atomic mass is 16.6. The normalized spacial score (nSPS) is 11.4. The molecule has 0 atom stereocenters. The van der Waals surface area contributed by atoms with Crippen LogP contribution < -0.4 is 4.74 Å². The van der Waals surface area contributed by atoms with Crippen molar-refractivity contribution < 1.29 is 24.2 Å². The molecule has 3 aromatic carbocycles. The fourth-order valence-electron chi connectivity index (χ4n) is 3.29. The molecule has 0 heterocycles. The van der Waals surface area contributed by atoms with Crippen LogP contribution in [-0.4, -0.2) is 31.0 Å². The molecule has 0 saturated carbocycles. The fourth-order valence-corrected chi connectivity index (χ4v) is 3.29. The molecular weight excluding hydrogens is 418 g/mol. The predicted molar refractivity (Wildman–Crippen MR) is 128 cm³/mol. The largest absolute Gasteiger partial charge is 0.503 e. The highest BCUT2D eigenvalue weighted by Crippen LogP contribution is 2.24. The molecule has 6 heteroatoms. The first-order valence-corrected chi connectivity index (χ1v) is 10.6. The van der Waals surface area contributed by atoms with E-state index >= 15 is 0 Å². The van der Waals surface area contributed by atoms with Crippen molar-refractivity contribution in [2.45, 2.75) is 20.0 Å². The summed E-state index contributed by atoms with van der Waals surface area (Å²) in [5, 5.41) is 13.5. The van der Waals surface area contributed by atoms with Gasteiger partial charge in [0.1, 0.15) is 24.5 Å². The molecule has 1 N–H and O–H groups in total. The van der Waals surface area contributed by atoms with Crippen LogP contribution in [0, 0.1) is 6.92 Å². The number of rotatable bonds is 11. The van der Waals surface area contributed by atoms with Gasteiger partial charge in [0.15, 0.2) is 0 Å². The molecule has 0 spiro atoms. The SMILES string of the molecule is COC=C(C(=O)O)c1ccccc1COc1ccc(C=NOCCc2ccccc2)cc1C. The summed E-state index contributed by atoms with van der Waals surface area (Å²) in [5.41, 5.74) is 4.43. The third-order valence-electron chi connectivity index (χ3n) is 4.96. The zero-order valence-electron chi connectivity index (χ0n) is 18.7. The van der Waals surface area contributed by atoms with Gasteiger partial charge >= 0.3 is 5.97 Å². The summed E-state index contributed by atoms with van der Waals surface area (Å²) in [6.07, 6.45) is 3.70. The summed E-state index contributed by atoms with van der Waals surface area (Å²) in [6, 6.07) is 23.0. The molecule has 0 aliphatic carbocycles. The van der Waals surface area contributed by atoms with E-state index in [1.54, 1.807) is 18.3 Å². The second-order valence-corrected chi connectivity index (χ2v) is 7.35. The Morgan fingerprint density at radius 3 is 2.52 bits per heavy atom. The summed E-state index contributed by atoms with van der Waals surface area (Å²) in [7, 11) is 1.42. The second-order valence-electron chi connectivity index (χ2n) is 7.35. The molecule has 0 aromatic heterocycles. The Morgan fingerprint density at radius 2 is 1.79 bits per heavy atom. The van der Waals surface area contributed by atoms with E-state index in [9.17, 15) is 9.90 Å². The Hall–Kier alpha value is -4.06. The van der Waals surface area contributed by atoms with Gasteiger partial charge in [0, 0.05) is 6.42 Å². The van der Waals surface area contributed by atoms with E-state index in [0.717, 1.165) is 23.1 Å². The molecule has 0 unspecified atom stereocenters. The zero-order chi connectivity index (χ0) is 23.5. The lowest BCUT2D eigenvalue weighted by Crippen LogP contribution is -2.06. The van der Waals surface area contributed by atoms with Crippen LogP contribution >= 0.6 is 0 Å². The van der Waals surface area contributed by atoms with Crippen molar-refractivity contribution in [1.29, 1.82) is 0 Å². The van der Waals surface area contributed by atoms with Crippen molar-refractivity contribution in [3.8, 4) is 5.75 Å². The third kappa shape index (κ3) is 6.97. The van der Waals surface area contributed by atoms with Gasteiger partial charge in [-0.05, 0) is 52.9 Å². The first kappa shape index (κ1) is 23.6. The Morgan fingerprint density at radius 1 is 1.03 bits per heavy atom. The predicted octanol–water partition coefficient (Wildman–Crippen LogP) is 5.24. The minimum Gasteiger partial charge on any atom is -0.503 e. The van der Waals surface area contributed by atoms with Crippen molar-refractivity contribution >= 4 is 17.8 Å². The summed E-state index contributed by atoms with van der Waals surface area (Å²) < 4.78 is 10.9. The lowest BCUT2D eigenvalue weighted by Gasteiger charge is -2.13. The molecule has 0 aliphatic heterocycles. The lowest BCUT2D eigenvalue weighted by molar-refractivity contribution is -0.130. The number of hydrogen-bond donors (Lipinski definition) is 1. The first-order chi connectivity index (χ1) is 16.1. The standard InChI is InChI=1S/C27H27NO5/c1-20-16-22(17-28-33-15-14-21-8-4-3-5-9-21)12-13-26(20)32-18-23-10-6-7-11-24(23)25(19-31-2)27(29)30/h3-13,16-17,19H,14-15,18H2,1-2H3,(H,29,30). The van der Waals surface area contributed by atoms with E-state index in [1.807, 2.05) is 55.5 Å². The number of hydrogen-bond acceptors (Lipinski definition) is 5. The average Bonchev–Trinajstić information content (AvgIpc) is 2.82. The maximum atomic E-state index is 11.6. The number of carbonyl (C=O) groups is 1. The topological polar surface area (TPSA) is 77.4 Å². The molecule has 3 aromatic rings. The van der Waals surface area contributed by atoms with E-state index in [1.165, 1.54) is 18.9 Å². The van der Waals surface area contributed by atoms with Gasteiger partial charge in [-0.3, -0.25) is 0 Å². The number of methoxy groups -OCH3 is 1. The summed E-state index contributed by atoms with van der Waals surface area (Å²) in [6.45, 7) is 2.68. The Kier molecular flexibility index (Phi) is 8.65. The minimum absolute atomic E-state index is 0.0762. The molecule has 170 valence electrons. The van der Waals surface area contributed by atoms with Crippen molar-refractivity contribution in [3.63, 3.8) is 0 Å². The van der Waals surface area contributed by atoms with Crippen LogP contribution in [0.15, 0.2) is 84.2 Å². The van der Waals surface area contributed by atoms with Crippen LogP contribution in [0.1, 0.15) is 27.8 Å². The number of aryl methyl sites for hydroxylation is 1. The van der Waals surface area contributed by atoms with E-state index in [2.05, 4.69) is 17.3 Å². The zero-order valence-corrected chi connectivity index (χ0v) is 18.7. The van der Waals surface area contributed by atoms with E-state index < -0.39 is 5.97 Å². The molecule has 6 nitrogen and oxygen atoms in total. The second kappa shape index (κ2) is 12.1. The molecular formula is C27H27NO5. The monoisotopic (exact) mass is 445 g/mol. The molecule has 0 radical (unpaired) electrons. The Bertz CT molecular complexity index is 1120. The van der Waals surface area contributed by atoms with E-state index in [0.29, 0.717) is 17.9 Å². The number of ether oxygens (including phenoxy) is 2. The highest BCUT2D eigenvalue weighted by molar-refractivity contribution is 6.15. The summed E-state index contributed by atoms with van der Waals surface area (Å²) in [5.74, 6) is -0.352. The number of oxime groups is 1. The molecule has 0 bridgehead atoms. The highest BCUT2D eigenvalue weighted by Gasteiger charge is 2.15. The van der Waals surface area contributed by atoms with E-state index in [-0.39, 0.29) is 12.2 Å². The summed E-state index contributed by atoms with van der Waals surface area (Å²) >= 11 is 0. The van der Waals surface area contributed by atoms with Gasteiger partial charge in [-0.2, -0.15) is 0 Å². The Labute approximate surface area is 193 Å². The fraction of sp³-hybridized carbons (Fsp3) is 0.185. The Balaban J connectivity index is 1.59. The smallest absolute Gasteiger partial charge is 0.339 e. The van der Waals surface area contributed by atoms with Crippen LogP contribution in [0.4, 0.5) is 0 Å². The van der Waals surface area contributed by atoms with Crippen molar-refractivity contribution in [2.75, 3.05) is 13.7 Å². The van der Waals surface area contributed by atoms with Gasteiger partial charge in [-0.15, -0.1) is 0 Å². The van der Waals surface area contributed by atoms with Gasteiger partial charge < -0.3 is 19.4 Å². The maximum Gasteiger partial charge on any atom is 0.339 e. The number of carboxylic acids is 1. The quantitative estimate of drug-likeness (QED) is 0.144. The molecule has 33 heavy (non-hydrogen) atoms. The molecule has 0 aliphatic rings. The van der Waals surface area contributed by atoms with Crippen molar-refractivity contribution in [1.82, 2.24) is 0 Å². The van der Waals surface area contributed by atoms with Crippen LogP contribution in [0.2, 0.25) is 0 Å². The van der Waals surface area contributed by atoms with E-state index in [4.69, 9.17) is 14.3 Å². The lowest BCUT2D eigenvalue weighted by atomic mass is 10.0. The van der Waals surface area contributed by atoms with Gasteiger partial charge in [-0.25, -0.2) is 4.79 Å². The third-order valence-corrected chi connectivity index (χ3v) is 4.96. The first-order valence-electron chi connectivity index (χ1n) is 10.6. The van der Waals surface area contributed by atoms with Gasteiger partial charge in [0.2, 0.25) is 0 Å². The molecule has 0 amide bonds. The van der Waals surface area contributed by atoms with Crippen LogP contribution in [-0.2, 0) is 27.4 Å². The molecule has 0 fully saturated rings. The molecule has 0 saturated heterocycles. The van der Waals surface area contributed by atoms with Crippen molar-refractivity contribution in [3.05, 3.63) is 107 Å². The van der Waals surface area contributed by atoms with Crippen molar-refractivity contribution in [2.24, 2.45) is 5.16 Å². The number of aliphatic carboxylic acids is 1. The maximum absolute atomic E-state index is 11.6. The minimum atomic E-state index is -1.06. The number of nitrogens with zero attached hydrogens (tertiary/aromatic N) is 1. The van der Waals surface area contributed by atoms with Gasteiger partial charge in [0.25, 0.3) is 0 Å².